The molecular formula is C23H22N2O. The Kier molecular flexibility index (Phi) is 4.78. The summed E-state index contributed by atoms with van der Waals surface area (Å²) in [6.07, 6.45) is 3.82. The van der Waals surface area contributed by atoms with Crippen molar-refractivity contribution in [2.75, 3.05) is 0 Å². The van der Waals surface area contributed by atoms with Crippen LogP contribution in [0.2, 0.25) is 0 Å². The van der Waals surface area contributed by atoms with Crippen molar-refractivity contribution >= 4 is 5.91 Å². The van der Waals surface area contributed by atoms with E-state index < -0.39 is 0 Å². The van der Waals surface area contributed by atoms with Gasteiger partial charge in [0.1, 0.15) is 0 Å². The lowest BCUT2D eigenvalue weighted by atomic mass is 9.89. The molecule has 1 amide bonds. The number of aryl methyl sites for hydroxylation is 1. The van der Waals surface area contributed by atoms with E-state index in [0.717, 1.165) is 12.1 Å². The molecule has 1 aliphatic rings. The molecule has 1 aliphatic heterocycles. The third-order valence-corrected chi connectivity index (χ3v) is 5.07. The van der Waals surface area contributed by atoms with Crippen LogP contribution in [0.3, 0.4) is 0 Å². The monoisotopic (exact) mass is 342 g/mol. The van der Waals surface area contributed by atoms with E-state index in [0.29, 0.717) is 19.4 Å². The number of carbonyl (C=O) groups excluding carboxylic acids is 1. The maximum atomic E-state index is 13.1. The number of pyridine rings is 1. The SMILES string of the molecule is O=C(CCc1ccccn1)N1Cc2ccccc2C[C@@H]1c1ccccc1. The van der Waals surface area contributed by atoms with Crippen molar-refractivity contribution in [3.63, 3.8) is 0 Å². The van der Waals surface area contributed by atoms with E-state index in [1.165, 1.54) is 16.7 Å². The van der Waals surface area contributed by atoms with Crippen LogP contribution in [0.25, 0.3) is 0 Å². The van der Waals surface area contributed by atoms with Crippen molar-refractivity contribution in [2.45, 2.75) is 31.8 Å². The van der Waals surface area contributed by atoms with Crippen LogP contribution < -0.4 is 0 Å². The maximum absolute atomic E-state index is 13.1. The van der Waals surface area contributed by atoms with Gasteiger partial charge in [0, 0.05) is 24.9 Å². The second-order valence-electron chi connectivity index (χ2n) is 6.74. The molecule has 0 fully saturated rings. The fourth-order valence-corrected chi connectivity index (χ4v) is 3.68. The Balaban J connectivity index is 1.57. The first kappa shape index (κ1) is 16.5. The van der Waals surface area contributed by atoms with Gasteiger partial charge in [-0.15, -0.1) is 0 Å². The van der Waals surface area contributed by atoms with Gasteiger partial charge in [-0.1, -0.05) is 60.7 Å². The molecule has 2 aromatic carbocycles. The van der Waals surface area contributed by atoms with Crippen molar-refractivity contribution in [3.05, 3.63) is 101 Å². The van der Waals surface area contributed by atoms with Crippen molar-refractivity contribution in [1.82, 2.24) is 9.88 Å². The number of rotatable bonds is 4. The van der Waals surface area contributed by atoms with Crippen molar-refractivity contribution in [3.8, 4) is 0 Å². The molecule has 1 atom stereocenters. The summed E-state index contributed by atoms with van der Waals surface area (Å²) >= 11 is 0. The van der Waals surface area contributed by atoms with Crippen LogP contribution in [0, 0.1) is 0 Å². The first-order valence-corrected chi connectivity index (χ1v) is 9.12. The van der Waals surface area contributed by atoms with Crippen LogP contribution in [-0.4, -0.2) is 15.8 Å². The van der Waals surface area contributed by atoms with E-state index in [-0.39, 0.29) is 11.9 Å². The zero-order valence-electron chi connectivity index (χ0n) is 14.7. The van der Waals surface area contributed by atoms with Gasteiger partial charge in [-0.05, 0) is 41.7 Å². The van der Waals surface area contributed by atoms with Crippen LogP contribution in [0.1, 0.15) is 34.8 Å². The minimum atomic E-state index is 0.0994. The Hall–Kier alpha value is -2.94. The number of carbonyl (C=O) groups is 1. The lowest BCUT2D eigenvalue weighted by Crippen LogP contribution is -2.39. The third kappa shape index (κ3) is 3.52. The highest BCUT2D eigenvalue weighted by molar-refractivity contribution is 5.77. The predicted octanol–water partition coefficient (Wildman–Crippen LogP) is 4.34. The third-order valence-electron chi connectivity index (χ3n) is 5.07. The van der Waals surface area contributed by atoms with Gasteiger partial charge in [-0.2, -0.15) is 0 Å². The zero-order valence-corrected chi connectivity index (χ0v) is 14.7. The van der Waals surface area contributed by atoms with Gasteiger partial charge < -0.3 is 4.90 Å². The summed E-state index contributed by atoms with van der Waals surface area (Å²) in [6.45, 7) is 0.677. The number of benzene rings is 2. The minimum absolute atomic E-state index is 0.0994. The molecule has 0 saturated heterocycles. The number of hydrogen-bond donors (Lipinski definition) is 0. The van der Waals surface area contributed by atoms with E-state index in [1.54, 1.807) is 6.20 Å². The average Bonchev–Trinajstić information content (AvgIpc) is 2.72. The van der Waals surface area contributed by atoms with E-state index in [9.17, 15) is 4.79 Å². The summed E-state index contributed by atoms with van der Waals surface area (Å²) in [5, 5.41) is 0. The lowest BCUT2D eigenvalue weighted by molar-refractivity contribution is -0.134. The highest BCUT2D eigenvalue weighted by Crippen LogP contribution is 2.33. The van der Waals surface area contributed by atoms with Crippen LogP contribution >= 0.6 is 0 Å². The van der Waals surface area contributed by atoms with E-state index in [4.69, 9.17) is 0 Å². The summed E-state index contributed by atoms with van der Waals surface area (Å²) in [5.41, 5.74) is 4.77. The summed E-state index contributed by atoms with van der Waals surface area (Å²) in [7, 11) is 0. The van der Waals surface area contributed by atoms with Gasteiger partial charge >= 0.3 is 0 Å². The van der Waals surface area contributed by atoms with Crippen molar-refractivity contribution < 1.29 is 4.79 Å². The Labute approximate surface area is 154 Å². The number of aromatic nitrogens is 1. The molecule has 3 nitrogen and oxygen atoms in total. The topological polar surface area (TPSA) is 33.2 Å². The molecule has 0 saturated carbocycles. The fourth-order valence-electron chi connectivity index (χ4n) is 3.68. The summed E-state index contributed by atoms with van der Waals surface area (Å²) in [6, 6.07) is 24.8. The number of nitrogens with zero attached hydrogens (tertiary/aromatic N) is 2. The van der Waals surface area contributed by atoms with Crippen LogP contribution in [-0.2, 0) is 24.2 Å². The molecule has 130 valence electrons. The van der Waals surface area contributed by atoms with Gasteiger partial charge in [-0.3, -0.25) is 9.78 Å². The van der Waals surface area contributed by atoms with Gasteiger partial charge in [0.05, 0.1) is 6.04 Å². The van der Waals surface area contributed by atoms with Crippen LogP contribution in [0.15, 0.2) is 79.0 Å². The second kappa shape index (κ2) is 7.52. The molecule has 0 radical (unpaired) electrons. The Bertz CT molecular complexity index is 877. The normalized spacial score (nSPS) is 16.2. The Morgan fingerprint density at radius 1 is 0.923 bits per heavy atom. The molecule has 3 heteroatoms. The molecule has 26 heavy (non-hydrogen) atoms. The minimum Gasteiger partial charge on any atom is -0.331 e. The lowest BCUT2D eigenvalue weighted by Gasteiger charge is -2.37. The first-order chi connectivity index (χ1) is 12.8. The quantitative estimate of drug-likeness (QED) is 0.706. The standard InChI is InChI=1S/C23H22N2O/c26-23(14-13-21-12-6-7-15-24-21)25-17-20-11-5-4-10-19(20)16-22(25)18-8-2-1-3-9-18/h1-12,15,22H,13-14,16-17H2/t22-/m1/s1. The Morgan fingerprint density at radius 3 is 2.42 bits per heavy atom. The van der Waals surface area contributed by atoms with Gasteiger partial charge in [0.2, 0.25) is 5.91 Å². The van der Waals surface area contributed by atoms with Gasteiger partial charge in [-0.25, -0.2) is 0 Å². The van der Waals surface area contributed by atoms with Crippen LogP contribution in [0.4, 0.5) is 0 Å². The fraction of sp³-hybridized carbons (Fsp3) is 0.217. The zero-order chi connectivity index (χ0) is 17.8. The van der Waals surface area contributed by atoms with Gasteiger partial charge in [0.25, 0.3) is 0 Å². The Morgan fingerprint density at radius 2 is 1.65 bits per heavy atom. The molecule has 4 rings (SSSR count). The summed E-state index contributed by atoms with van der Waals surface area (Å²) < 4.78 is 0. The maximum Gasteiger partial charge on any atom is 0.223 e. The molecule has 3 aromatic rings. The second-order valence-corrected chi connectivity index (χ2v) is 6.74. The molecule has 0 unspecified atom stereocenters. The molecule has 0 bridgehead atoms. The highest BCUT2D eigenvalue weighted by Gasteiger charge is 2.30. The van der Waals surface area contributed by atoms with Crippen LogP contribution in [0.5, 0.6) is 0 Å². The largest absolute Gasteiger partial charge is 0.331 e. The highest BCUT2D eigenvalue weighted by atomic mass is 16.2. The molecule has 0 N–H and O–H groups in total. The molecular weight excluding hydrogens is 320 g/mol. The van der Waals surface area contributed by atoms with Crippen molar-refractivity contribution in [1.29, 1.82) is 0 Å². The average molecular weight is 342 g/mol. The number of hydrogen-bond acceptors (Lipinski definition) is 2. The smallest absolute Gasteiger partial charge is 0.223 e. The number of amides is 1. The molecule has 0 aliphatic carbocycles. The first-order valence-electron chi connectivity index (χ1n) is 9.12. The number of fused-ring (bicyclic) bond motifs is 1. The van der Waals surface area contributed by atoms with E-state index in [1.807, 2.05) is 41.3 Å². The van der Waals surface area contributed by atoms with E-state index in [2.05, 4.69) is 41.4 Å². The summed E-state index contributed by atoms with van der Waals surface area (Å²) in [4.78, 5) is 19.4. The predicted molar refractivity (Wildman–Crippen MR) is 102 cm³/mol. The molecule has 2 heterocycles. The van der Waals surface area contributed by atoms with Gasteiger partial charge in [0.15, 0.2) is 0 Å². The summed E-state index contributed by atoms with van der Waals surface area (Å²) in [5.74, 6) is 0.194. The molecule has 0 spiro atoms. The van der Waals surface area contributed by atoms with Crippen molar-refractivity contribution in [2.24, 2.45) is 0 Å². The van der Waals surface area contributed by atoms with E-state index >= 15 is 0 Å². The molecule has 1 aromatic heterocycles.